The number of carbonyl (C=O) groups excluding carboxylic acids is 1. The van der Waals surface area contributed by atoms with Crippen molar-refractivity contribution in [2.75, 3.05) is 4.90 Å². The highest BCUT2D eigenvalue weighted by atomic mass is 32.1. The predicted octanol–water partition coefficient (Wildman–Crippen LogP) is 7.49. The molecule has 0 spiro atoms. The van der Waals surface area contributed by atoms with Crippen molar-refractivity contribution >= 4 is 40.0 Å². The Morgan fingerprint density at radius 3 is 2.39 bits per heavy atom. The zero-order valence-corrected chi connectivity index (χ0v) is 21.5. The third-order valence-corrected chi connectivity index (χ3v) is 8.19. The number of nitrogens with zero attached hydrogens (tertiary/aromatic N) is 2. The monoisotopic (exact) mass is 502 g/mol. The molecule has 36 heavy (non-hydrogen) atoms. The van der Waals surface area contributed by atoms with Crippen LogP contribution in [0.1, 0.15) is 56.1 Å². The molecule has 1 aliphatic rings. The summed E-state index contributed by atoms with van der Waals surface area (Å²) in [6, 6.07) is 15.2. The number of carboxylic acids is 1. The smallest absolute Gasteiger partial charge is 0.348 e. The summed E-state index contributed by atoms with van der Waals surface area (Å²) in [5, 5.41) is 10.00. The van der Waals surface area contributed by atoms with Gasteiger partial charge < -0.3 is 14.4 Å². The van der Waals surface area contributed by atoms with Gasteiger partial charge in [0.15, 0.2) is 5.58 Å². The van der Waals surface area contributed by atoms with Gasteiger partial charge in [-0.1, -0.05) is 31.2 Å². The van der Waals surface area contributed by atoms with Gasteiger partial charge in [0.05, 0.1) is 5.69 Å². The lowest BCUT2D eigenvalue weighted by Gasteiger charge is -2.33. The Labute approximate surface area is 214 Å². The topological polar surface area (TPSA) is 83.6 Å². The highest BCUT2D eigenvalue weighted by molar-refractivity contribution is 7.18. The fraction of sp³-hybridized carbons (Fsp3) is 0.345. The minimum atomic E-state index is -1.01. The second kappa shape index (κ2) is 9.90. The standard InChI is InChI=1S/C29H30N2O4S/c1-17(2)31(28(32)21-8-6-18(3)7-9-21)23-16-26(36-27(23)29(33)34)20-12-10-19(11-13-20)25-15-22-24(35-25)5-4-14-30-22/h4-5,10-18,21H,6-9H2,1-3H3,(H,33,34). The Hall–Kier alpha value is -3.45. The maximum absolute atomic E-state index is 13.6. The second-order valence-electron chi connectivity index (χ2n) is 9.96. The molecule has 0 saturated heterocycles. The van der Waals surface area contributed by atoms with E-state index in [1.165, 1.54) is 11.3 Å². The minimum absolute atomic E-state index is 0.0394. The molecule has 0 atom stereocenters. The van der Waals surface area contributed by atoms with Crippen LogP contribution in [-0.2, 0) is 4.79 Å². The molecule has 1 aromatic carbocycles. The fourth-order valence-corrected chi connectivity index (χ4v) is 6.02. The van der Waals surface area contributed by atoms with Crippen LogP contribution in [0.15, 0.2) is 59.1 Å². The number of hydrogen-bond donors (Lipinski definition) is 1. The van der Waals surface area contributed by atoms with Gasteiger partial charge in [0.25, 0.3) is 0 Å². The third-order valence-electron chi connectivity index (χ3n) is 7.03. The first-order chi connectivity index (χ1) is 17.3. The van der Waals surface area contributed by atoms with Crippen LogP contribution in [0, 0.1) is 11.8 Å². The summed E-state index contributed by atoms with van der Waals surface area (Å²) in [5.74, 6) is 0.349. The molecule has 3 aromatic heterocycles. The third kappa shape index (κ3) is 4.67. The van der Waals surface area contributed by atoms with E-state index in [1.807, 2.05) is 62.4 Å². The molecule has 1 N–H and O–H groups in total. The SMILES string of the molecule is CC1CCC(C(=O)N(c2cc(-c3ccc(-c4cc5ncccc5o4)cc3)sc2C(=O)O)C(C)C)CC1. The molecule has 1 saturated carbocycles. The molecule has 6 nitrogen and oxygen atoms in total. The van der Waals surface area contributed by atoms with E-state index in [4.69, 9.17) is 4.42 Å². The van der Waals surface area contributed by atoms with E-state index in [1.54, 1.807) is 11.1 Å². The summed E-state index contributed by atoms with van der Waals surface area (Å²) >= 11 is 1.21. The lowest BCUT2D eigenvalue weighted by atomic mass is 9.82. The van der Waals surface area contributed by atoms with Gasteiger partial charge in [0.1, 0.15) is 16.2 Å². The average molecular weight is 503 g/mol. The molecule has 4 aromatic rings. The number of pyridine rings is 1. The Balaban J connectivity index is 1.46. The van der Waals surface area contributed by atoms with Crippen LogP contribution in [0.4, 0.5) is 5.69 Å². The number of amides is 1. The van der Waals surface area contributed by atoms with Crippen LogP contribution in [-0.4, -0.2) is 28.0 Å². The largest absolute Gasteiger partial charge is 0.477 e. The average Bonchev–Trinajstić information content (AvgIpc) is 3.49. The van der Waals surface area contributed by atoms with Gasteiger partial charge in [-0.05, 0) is 69.2 Å². The zero-order valence-electron chi connectivity index (χ0n) is 20.7. The second-order valence-corrected chi connectivity index (χ2v) is 11.0. The van der Waals surface area contributed by atoms with Gasteiger partial charge in [-0.15, -0.1) is 11.3 Å². The van der Waals surface area contributed by atoms with Crippen molar-refractivity contribution in [3.8, 4) is 21.8 Å². The van der Waals surface area contributed by atoms with Gasteiger partial charge in [0, 0.05) is 34.7 Å². The number of rotatable bonds is 6. The molecule has 1 aliphatic carbocycles. The molecule has 0 aliphatic heterocycles. The minimum Gasteiger partial charge on any atom is -0.477 e. The van der Waals surface area contributed by atoms with Crippen LogP contribution in [0.25, 0.3) is 32.9 Å². The van der Waals surface area contributed by atoms with E-state index in [-0.39, 0.29) is 22.7 Å². The van der Waals surface area contributed by atoms with Gasteiger partial charge in [0.2, 0.25) is 5.91 Å². The summed E-state index contributed by atoms with van der Waals surface area (Å²) < 4.78 is 5.92. The first kappa shape index (κ1) is 24.3. The summed E-state index contributed by atoms with van der Waals surface area (Å²) in [6.07, 6.45) is 5.54. The first-order valence-corrected chi connectivity index (χ1v) is 13.3. The predicted molar refractivity (Wildman–Crippen MR) is 143 cm³/mol. The number of aromatic nitrogens is 1. The number of thiophene rings is 1. The molecule has 1 amide bonds. The Bertz CT molecular complexity index is 1360. The van der Waals surface area contributed by atoms with E-state index in [9.17, 15) is 14.7 Å². The Kier molecular flexibility index (Phi) is 6.67. The molecule has 5 rings (SSSR count). The van der Waals surface area contributed by atoms with E-state index in [0.29, 0.717) is 11.6 Å². The molecule has 3 heterocycles. The fourth-order valence-electron chi connectivity index (χ4n) is 5.02. The van der Waals surface area contributed by atoms with Gasteiger partial charge in [-0.2, -0.15) is 0 Å². The van der Waals surface area contributed by atoms with Gasteiger partial charge in [-0.3, -0.25) is 9.78 Å². The number of benzene rings is 1. The lowest BCUT2D eigenvalue weighted by molar-refractivity contribution is -0.123. The van der Waals surface area contributed by atoms with Crippen molar-refractivity contribution in [1.82, 2.24) is 4.98 Å². The molecular weight excluding hydrogens is 472 g/mol. The maximum atomic E-state index is 13.6. The Morgan fingerprint density at radius 2 is 1.75 bits per heavy atom. The summed E-state index contributed by atoms with van der Waals surface area (Å²) in [6.45, 7) is 6.12. The quantitative estimate of drug-likeness (QED) is 0.295. The molecule has 0 radical (unpaired) electrons. The lowest BCUT2D eigenvalue weighted by Crippen LogP contribution is -2.42. The zero-order chi connectivity index (χ0) is 25.4. The Morgan fingerprint density at radius 1 is 1.06 bits per heavy atom. The summed E-state index contributed by atoms with van der Waals surface area (Å²) in [7, 11) is 0. The number of carboxylic acid groups (broad SMARTS) is 1. The summed E-state index contributed by atoms with van der Waals surface area (Å²) in [4.78, 5) is 32.8. The van der Waals surface area contributed by atoms with Crippen LogP contribution >= 0.6 is 11.3 Å². The van der Waals surface area contributed by atoms with Gasteiger partial charge >= 0.3 is 5.97 Å². The highest BCUT2D eigenvalue weighted by Crippen LogP contribution is 2.40. The van der Waals surface area contributed by atoms with E-state index >= 15 is 0 Å². The number of furan rings is 1. The normalized spacial score (nSPS) is 18.0. The van der Waals surface area contributed by atoms with Crippen LogP contribution in [0.3, 0.4) is 0 Å². The highest BCUT2D eigenvalue weighted by Gasteiger charge is 2.33. The molecule has 186 valence electrons. The molecule has 7 heteroatoms. The molecule has 0 unspecified atom stereocenters. The van der Waals surface area contributed by atoms with Crippen molar-refractivity contribution in [1.29, 1.82) is 0 Å². The van der Waals surface area contributed by atoms with Crippen LogP contribution in [0.5, 0.6) is 0 Å². The number of hydrogen-bond acceptors (Lipinski definition) is 5. The van der Waals surface area contributed by atoms with Crippen LogP contribution in [0.2, 0.25) is 0 Å². The first-order valence-electron chi connectivity index (χ1n) is 12.5. The summed E-state index contributed by atoms with van der Waals surface area (Å²) in [5.41, 5.74) is 3.84. The van der Waals surface area contributed by atoms with Crippen molar-refractivity contribution in [2.24, 2.45) is 11.8 Å². The number of anilines is 1. The maximum Gasteiger partial charge on any atom is 0.348 e. The molecule has 0 bridgehead atoms. The molecular formula is C29H30N2O4S. The van der Waals surface area contributed by atoms with E-state index < -0.39 is 5.97 Å². The van der Waals surface area contributed by atoms with Crippen molar-refractivity contribution in [3.63, 3.8) is 0 Å². The van der Waals surface area contributed by atoms with E-state index in [2.05, 4.69) is 11.9 Å². The van der Waals surface area contributed by atoms with Crippen LogP contribution < -0.4 is 4.90 Å². The number of fused-ring (bicyclic) bond motifs is 1. The van der Waals surface area contributed by atoms with Crippen molar-refractivity contribution in [2.45, 2.75) is 52.5 Å². The van der Waals surface area contributed by atoms with Crippen molar-refractivity contribution < 1.29 is 19.1 Å². The number of carbonyl (C=O) groups is 2. The molecule has 1 fully saturated rings. The number of aromatic carboxylic acids is 1. The van der Waals surface area contributed by atoms with Gasteiger partial charge in [-0.25, -0.2) is 4.79 Å². The van der Waals surface area contributed by atoms with E-state index in [0.717, 1.165) is 58.5 Å². The van der Waals surface area contributed by atoms with Crippen molar-refractivity contribution in [3.05, 3.63) is 59.6 Å².